The van der Waals surface area contributed by atoms with Crippen LogP contribution >= 0.6 is 0 Å². The highest BCUT2D eigenvalue weighted by Gasteiger charge is 2.19. The van der Waals surface area contributed by atoms with Crippen molar-refractivity contribution in [2.24, 2.45) is 0 Å². The van der Waals surface area contributed by atoms with Crippen LogP contribution in [0.25, 0.3) is 17.7 Å². The molecule has 134 valence electrons. The van der Waals surface area contributed by atoms with Gasteiger partial charge >= 0.3 is 0 Å². The fraction of sp³-hybridized carbons (Fsp3) is 0.120. The van der Waals surface area contributed by atoms with Gasteiger partial charge in [-0.05, 0) is 42.2 Å². The number of hydrogen-bond acceptors (Lipinski definition) is 1. The van der Waals surface area contributed by atoms with Crippen molar-refractivity contribution in [1.82, 2.24) is 4.98 Å². The minimum Gasteiger partial charge on any atom is -0.374 e. The number of fused-ring (bicyclic) bond motifs is 1. The largest absolute Gasteiger partial charge is 0.374 e. The van der Waals surface area contributed by atoms with Gasteiger partial charge in [-0.1, -0.05) is 73.3 Å². The first-order valence-corrected chi connectivity index (χ1v) is 9.35. The third kappa shape index (κ3) is 3.52. The first kappa shape index (κ1) is 17.2. The minimum atomic E-state index is -0.00295. The highest BCUT2D eigenvalue weighted by atomic mass is 14.9. The number of aryl methyl sites for hydroxylation is 1. The Hall–Kier alpha value is -3.26. The van der Waals surface area contributed by atoms with E-state index in [0.29, 0.717) is 0 Å². The molecule has 0 saturated heterocycles. The maximum absolute atomic E-state index is 4.50. The van der Waals surface area contributed by atoms with Gasteiger partial charge in [0, 0.05) is 28.0 Å². The number of H-pyrrole nitrogens is 1. The summed E-state index contributed by atoms with van der Waals surface area (Å²) in [5.41, 5.74) is 5.79. The van der Waals surface area contributed by atoms with Gasteiger partial charge in [-0.3, -0.25) is 0 Å². The number of allylic oxidation sites excluding steroid dienone is 2. The summed E-state index contributed by atoms with van der Waals surface area (Å²) in [5, 5.41) is 6.10. The Morgan fingerprint density at radius 1 is 1.07 bits per heavy atom. The van der Waals surface area contributed by atoms with Crippen LogP contribution in [0.5, 0.6) is 0 Å². The zero-order chi connectivity index (χ0) is 18.6. The number of nitrogens with one attached hydrogen (secondary N) is 2. The molecule has 0 spiro atoms. The molecule has 0 bridgehead atoms. The average Bonchev–Trinajstić information content (AvgIpc) is 2.96. The number of para-hydroxylation sites is 1. The SMILES string of the molecule is C=C(c1c[nH]c2c1=CCC=CC=2)C(Nc1ccccc1C)c1ccccc1. The van der Waals surface area contributed by atoms with Crippen molar-refractivity contribution < 1.29 is 0 Å². The van der Waals surface area contributed by atoms with Crippen LogP contribution < -0.4 is 15.9 Å². The quantitative estimate of drug-likeness (QED) is 0.684. The molecule has 0 radical (unpaired) electrons. The molecule has 2 heteroatoms. The monoisotopic (exact) mass is 352 g/mol. The summed E-state index contributed by atoms with van der Waals surface area (Å²) in [5.74, 6) is 0. The van der Waals surface area contributed by atoms with E-state index >= 15 is 0 Å². The van der Waals surface area contributed by atoms with Crippen molar-refractivity contribution in [1.29, 1.82) is 0 Å². The number of anilines is 1. The van der Waals surface area contributed by atoms with E-state index in [1.54, 1.807) is 0 Å². The van der Waals surface area contributed by atoms with E-state index in [2.05, 4.69) is 103 Å². The van der Waals surface area contributed by atoms with E-state index in [9.17, 15) is 0 Å². The first-order chi connectivity index (χ1) is 13.2. The maximum atomic E-state index is 4.50. The second kappa shape index (κ2) is 7.55. The molecule has 3 aromatic rings. The zero-order valence-corrected chi connectivity index (χ0v) is 15.6. The van der Waals surface area contributed by atoms with Gasteiger partial charge in [0.25, 0.3) is 0 Å². The summed E-state index contributed by atoms with van der Waals surface area (Å²) in [6, 6.07) is 18.9. The van der Waals surface area contributed by atoms with Crippen LogP contribution in [-0.2, 0) is 0 Å². The molecule has 0 saturated carbocycles. The first-order valence-electron chi connectivity index (χ1n) is 9.35. The fourth-order valence-electron chi connectivity index (χ4n) is 3.57. The van der Waals surface area contributed by atoms with Crippen molar-refractivity contribution in [3.8, 4) is 0 Å². The summed E-state index contributed by atoms with van der Waals surface area (Å²) in [6.45, 7) is 6.63. The normalized spacial score (nSPS) is 13.7. The predicted molar refractivity (Wildman–Crippen MR) is 116 cm³/mol. The van der Waals surface area contributed by atoms with E-state index in [-0.39, 0.29) is 6.04 Å². The Bertz CT molecular complexity index is 1100. The molecule has 1 unspecified atom stereocenters. The second-order valence-corrected chi connectivity index (χ2v) is 6.89. The van der Waals surface area contributed by atoms with Gasteiger partial charge in [-0.15, -0.1) is 0 Å². The van der Waals surface area contributed by atoms with E-state index in [1.807, 2.05) is 6.07 Å². The summed E-state index contributed by atoms with van der Waals surface area (Å²) in [4.78, 5) is 3.40. The molecule has 1 aliphatic carbocycles. The van der Waals surface area contributed by atoms with Gasteiger partial charge < -0.3 is 10.3 Å². The van der Waals surface area contributed by atoms with Gasteiger partial charge in [-0.25, -0.2) is 0 Å². The Morgan fingerprint density at radius 2 is 1.85 bits per heavy atom. The fourth-order valence-corrected chi connectivity index (χ4v) is 3.57. The zero-order valence-electron chi connectivity index (χ0n) is 15.6. The van der Waals surface area contributed by atoms with Crippen LogP contribution in [0.2, 0.25) is 0 Å². The lowest BCUT2D eigenvalue weighted by atomic mass is 9.94. The van der Waals surface area contributed by atoms with E-state index in [4.69, 9.17) is 0 Å². The summed E-state index contributed by atoms with van der Waals surface area (Å²) >= 11 is 0. The van der Waals surface area contributed by atoms with Gasteiger partial charge in [0.2, 0.25) is 0 Å². The number of hydrogen-bond donors (Lipinski definition) is 2. The summed E-state index contributed by atoms with van der Waals surface area (Å²) < 4.78 is 0. The van der Waals surface area contributed by atoms with Crippen LogP contribution in [0.4, 0.5) is 5.69 Å². The summed E-state index contributed by atoms with van der Waals surface area (Å²) in [7, 11) is 0. The second-order valence-electron chi connectivity index (χ2n) is 6.89. The third-order valence-electron chi connectivity index (χ3n) is 5.08. The van der Waals surface area contributed by atoms with Crippen LogP contribution in [-0.4, -0.2) is 4.98 Å². The van der Waals surface area contributed by atoms with Gasteiger partial charge in [-0.2, -0.15) is 0 Å². The van der Waals surface area contributed by atoms with Crippen LogP contribution in [0.15, 0.2) is 79.5 Å². The molecule has 1 atom stereocenters. The molecule has 0 aliphatic heterocycles. The van der Waals surface area contributed by atoms with Crippen molar-refractivity contribution >= 4 is 23.4 Å². The van der Waals surface area contributed by atoms with E-state index in [1.165, 1.54) is 21.9 Å². The molecule has 0 amide bonds. The topological polar surface area (TPSA) is 27.8 Å². The van der Waals surface area contributed by atoms with E-state index in [0.717, 1.165) is 23.0 Å². The molecule has 4 rings (SSSR count). The molecule has 27 heavy (non-hydrogen) atoms. The Balaban J connectivity index is 1.78. The van der Waals surface area contributed by atoms with Gasteiger partial charge in [0.15, 0.2) is 0 Å². The number of benzene rings is 2. The van der Waals surface area contributed by atoms with Gasteiger partial charge in [0.1, 0.15) is 0 Å². The molecule has 0 fully saturated rings. The smallest absolute Gasteiger partial charge is 0.0768 e. The molecule has 1 aliphatic rings. The number of rotatable bonds is 5. The number of aromatic amines is 1. The van der Waals surface area contributed by atoms with Crippen LogP contribution in [0.3, 0.4) is 0 Å². The third-order valence-corrected chi connectivity index (χ3v) is 5.08. The van der Waals surface area contributed by atoms with Crippen molar-refractivity contribution in [3.63, 3.8) is 0 Å². The van der Waals surface area contributed by atoms with Gasteiger partial charge in [0.05, 0.1) is 6.04 Å². The molecular weight excluding hydrogens is 328 g/mol. The highest BCUT2D eigenvalue weighted by Crippen LogP contribution is 2.31. The number of aromatic nitrogens is 1. The highest BCUT2D eigenvalue weighted by molar-refractivity contribution is 5.74. The molecule has 1 heterocycles. The molecule has 2 nitrogen and oxygen atoms in total. The molecule has 2 aromatic carbocycles. The Kier molecular flexibility index (Phi) is 4.80. The van der Waals surface area contributed by atoms with Crippen LogP contribution in [0, 0.1) is 6.92 Å². The lowest BCUT2D eigenvalue weighted by Gasteiger charge is -2.24. The lowest BCUT2D eigenvalue weighted by molar-refractivity contribution is 1.00. The standard InChI is InChI=1S/C25H24N2/c1-18-11-9-10-15-23(18)27-25(20-12-5-3-6-13-20)19(2)22-17-26-24-16-8-4-7-14-21(22)24/h3-6,8-17,25-27H,2,7H2,1H3. The Morgan fingerprint density at radius 3 is 2.67 bits per heavy atom. The predicted octanol–water partition coefficient (Wildman–Crippen LogP) is 4.71. The Labute approximate surface area is 160 Å². The summed E-state index contributed by atoms with van der Waals surface area (Å²) in [6.07, 6.45) is 11.7. The average molecular weight is 352 g/mol. The van der Waals surface area contributed by atoms with Crippen LogP contribution in [0.1, 0.15) is 29.2 Å². The van der Waals surface area contributed by atoms with Crippen molar-refractivity contribution in [2.45, 2.75) is 19.4 Å². The minimum absolute atomic E-state index is 0.00295. The van der Waals surface area contributed by atoms with Crippen molar-refractivity contribution in [3.05, 3.63) is 107 Å². The molecule has 2 N–H and O–H groups in total. The van der Waals surface area contributed by atoms with E-state index < -0.39 is 0 Å². The van der Waals surface area contributed by atoms with Crippen molar-refractivity contribution in [2.75, 3.05) is 5.32 Å². The maximum Gasteiger partial charge on any atom is 0.0768 e. The lowest BCUT2D eigenvalue weighted by Crippen LogP contribution is -2.25. The molecular formula is C25H24N2. The molecule has 1 aromatic heterocycles.